The van der Waals surface area contributed by atoms with Crippen LogP contribution in [0.2, 0.25) is 0 Å². The van der Waals surface area contributed by atoms with Crippen molar-refractivity contribution in [3.8, 4) is 29.7 Å². The van der Waals surface area contributed by atoms with Gasteiger partial charge in [-0.2, -0.15) is 15.8 Å². The van der Waals surface area contributed by atoms with E-state index in [4.69, 9.17) is 15.2 Å². The zero-order chi connectivity index (χ0) is 24.3. The predicted molar refractivity (Wildman–Crippen MR) is 122 cm³/mol. The van der Waals surface area contributed by atoms with Crippen molar-refractivity contribution in [2.24, 2.45) is 17.1 Å². The van der Waals surface area contributed by atoms with Crippen LogP contribution < -0.4 is 15.2 Å². The van der Waals surface area contributed by atoms with Gasteiger partial charge in [0.15, 0.2) is 16.9 Å². The maximum absolute atomic E-state index is 13.5. The van der Waals surface area contributed by atoms with Gasteiger partial charge in [0.25, 0.3) is 0 Å². The Kier molecular flexibility index (Phi) is 6.26. The highest BCUT2D eigenvalue weighted by Crippen LogP contribution is 2.56. The number of nitrogens with two attached hydrogens (primary N) is 1. The summed E-state index contributed by atoms with van der Waals surface area (Å²) in [6.45, 7) is 0.147. The van der Waals surface area contributed by atoms with Crippen molar-refractivity contribution in [2.45, 2.75) is 31.8 Å². The first-order valence-electron chi connectivity index (χ1n) is 11.0. The van der Waals surface area contributed by atoms with Gasteiger partial charge >= 0.3 is 0 Å². The summed E-state index contributed by atoms with van der Waals surface area (Å²) in [4.78, 5) is 0. The number of ether oxygens (including phenoxy) is 2. The van der Waals surface area contributed by atoms with E-state index in [-0.39, 0.29) is 29.6 Å². The fourth-order valence-corrected chi connectivity index (χ4v) is 5.03. The lowest BCUT2D eigenvalue weighted by atomic mass is 9.57. The summed E-state index contributed by atoms with van der Waals surface area (Å²) >= 11 is 0. The third-order valence-corrected chi connectivity index (χ3v) is 6.63. The molecule has 6 nitrogen and oxygen atoms in total. The highest BCUT2D eigenvalue weighted by atomic mass is 19.1. The van der Waals surface area contributed by atoms with Crippen LogP contribution in [0, 0.1) is 51.1 Å². The molecule has 2 N–H and O–H groups in total. The predicted octanol–water partition coefficient (Wildman–Crippen LogP) is 5.01. The van der Waals surface area contributed by atoms with Gasteiger partial charge in [0, 0.05) is 5.92 Å². The highest BCUT2D eigenvalue weighted by molar-refractivity contribution is 5.60. The van der Waals surface area contributed by atoms with Crippen LogP contribution in [0.4, 0.5) is 4.39 Å². The summed E-state index contributed by atoms with van der Waals surface area (Å²) in [7, 11) is 1.50. The van der Waals surface area contributed by atoms with Gasteiger partial charge in [-0.25, -0.2) is 4.39 Å². The van der Waals surface area contributed by atoms with Gasteiger partial charge in [-0.05, 0) is 66.1 Å². The van der Waals surface area contributed by atoms with E-state index < -0.39 is 11.3 Å². The second-order valence-electron chi connectivity index (χ2n) is 8.44. The minimum atomic E-state index is -1.68. The van der Waals surface area contributed by atoms with Crippen LogP contribution in [0.5, 0.6) is 11.5 Å². The molecule has 2 aromatic rings. The molecule has 4 rings (SSSR count). The minimum absolute atomic E-state index is 0.000187. The average molecular weight is 455 g/mol. The number of rotatable bonds is 5. The van der Waals surface area contributed by atoms with Crippen molar-refractivity contribution in [1.82, 2.24) is 0 Å². The van der Waals surface area contributed by atoms with Crippen LogP contribution >= 0.6 is 0 Å². The second kappa shape index (κ2) is 9.30. The molecule has 0 radical (unpaired) electrons. The van der Waals surface area contributed by atoms with E-state index in [1.807, 2.05) is 6.08 Å². The number of methoxy groups -OCH3 is 1. The normalized spacial score (nSPS) is 20.7. The number of hydrogen-bond donors (Lipinski definition) is 1. The zero-order valence-electron chi connectivity index (χ0n) is 18.7. The van der Waals surface area contributed by atoms with Crippen molar-refractivity contribution in [3.05, 3.63) is 82.3 Å². The van der Waals surface area contributed by atoms with Crippen molar-refractivity contribution >= 4 is 0 Å². The van der Waals surface area contributed by atoms with Gasteiger partial charge in [-0.3, -0.25) is 0 Å². The molecule has 2 atom stereocenters. The summed E-state index contributed by atoms with van der Waals surface area (Å²) in [5, 5.41) is 30.1. The van der Waals surface area contributed by atoms with Crippen molar-refractivity contribution in [3.63, 3.8) is 0 Å². The van der Waals surface area contributed by atoms with E-state index in [9.17, 15) is 20.2 Å². The zero-order valence-corrected chi connectivity index (χ0v) is 18.7. The van der Waals surface area contributed by atoms with E-state index >= 15 is 0 Å². The van der Waals surface area contributed by atoms with Crippen LogP contribution in [0.25, 0.3) is 0 Å². The number of nitrogens with zero attached hydrogens (tertiary/aromatic N) is 3. The molecular formula is C27H23FN4O2. The first kappa shape index (κ1) is 22.9. The molecule has 0 aliphatic heterocycles. The molecule has 0 aromatic heterocycles. The topological polar surface area (TPSA) is 116 Å². The number of allylic oxidation sites excluding steroid dienone is 4. The molecule has 7 heteroatoms. The fourth-order valence-electron chi connectivity index (χ4n) is 5.03. The number of fused-ring (bicyclic) bond motifs is 1. The molecule has 0 saturated carbocycles. The maximum Gasteiger partial charge on any atom is 0.191 e. The largest absolute Gasteiger partial charge is 0.493 e. The molecule has 34 heavy (non-hydrogen) atoms. The Morgan fingerprint density at radius 2 is 1.91 bits per heavy atom. The number of hydrogen-bond acceptors (Lipinski definition) is 6. The van der Waals surface area contributed by atoms with Crippen LogP contribution in [-0.4, -0.2) is 7.11 Å². The first-order valence-corrected chi connectivity index (χ1v) is 11.0. The molecule has 0 saturated heterocycles. The Hall–Kier alpha value is -4.28. The number of halogens is 1. The van der Waals surface area contributed by atoms with Gasteiger partial charge < -0.3 is 15.2 Å². The molecule has 170 valence electrons. The molecule has 0 heterocycles. The number of nitriles is 3. The van der Waals surface area contributed by atoms with Crippen LogP contribution in [0.3, 0.4) is 0 Å². The van der Waals surface area contributed by atoms with Crippen molar-refractivity contribution in [2.75, 3.05) is 7.11 Å². The van der Waals surface area contributed by atoms with Gasteiger partial charge in [0.2, 0.25) is 0 Å². The Balaban J connectivity index is 1.76. The molecule has 2 aromatic carbocycles. The van der Waals surface area contributed by atoms with Crippen LogP contribution in [0.15, 0.2) is 65.4 Å². The summed E-state index contributed by atoms with van der Waals surface area (Å²) < 4.78 is 24.9. The lowest BCUT2D eigenvalue weighted by molar-refractivity contribution is 0.281. The lowest BCUT2D eigenvalue weighted by Crippen LogP contribution is -2.42. The first-order chi connectivity index (χ1) is 16.5. The van der Waals surface area contributed by atoms with E-state index in [2.05, 4.69) is 18.2 Å². The fraction of sp³-hybridized carbons (Fsp3) is 0.296. The van der Waals surface area contributed by atoms with E-state index in [0.29, 0.717) is 22.6 Å². The van der Waals surface area contributed by atoms with E-state index in [1.165, 1.54) is 19.2 Å². The van der Waals surface area contributed by atoms with Gasteiger partial charge in [0.1, 0.15) is 18.5 Å². The van der Waals surface area contributed by atoms with Gasteiger partial charge in [-0.1, -0.05) is 24.3 Å². The molecule has 0 fully saturated rings. The molecule has 0 amide bonds. The Morgan fingerprint density at radius 3 is 2.59 bits per heavy atom. The third kappa shape index (κ3) is 3.74. The molecule has 2 aliphatic rings. The third-order valence-electron chi connectivity index (χ3n) is 6.63. The summed E-state index contributed by atoms with van der Waals surface area (Å²) in [6, 6.07) is 17.8. The monoisotopic (exact) mass is 454 g/mol. The summed E-state index contributed by atoms with van der Waals surface area (Å²) in [5.74, 6) is -0.236. The van der Waals surface area contributed by atoms with Crippen molar-refractivity contribution in [1.29, 1.82) is 15.8 Å². The van der Waals surface area contributed by atoms with Gasteiger partial charge in [-0.15, -0.1) is 0 Å². The lowest BCUT2D eigenvalue weighted by Gasteiger charge is -2.43. The molecule has 0 spiro atoms. The van der Waals surface area contributed by atoms with Gasteiger partial charge in [0.05, 0.1) is 30.5 Å². The molecular weight excluding hydrogens is 431 g/mol. The molecule has 2 aliphatic carbocycles. The Bertz CT molecular complexity index is 1300. The second-order valence-corrected chi connectivity index (χ2v) is 8.44. The average Bonchev–Trinajstić information content (AvgIpc) is 2.87. The Labute approximate surface area is 197 Å². The molecule has 0 bridgehead atoms. The van der Waals surface area contributed by atoms with E-state index in [0.717, 1.165) is 24.8 Å². The molecule has 0 unspecified atom stereocenters. The maximum atomic E-state index is 13.5. The summed E-state index contributed by atoms with van der Waals surface area (Å²) in [6.07, 6.45) is 4.45. The quantitative estimate of drug-likeness (QED) is 0.679. The van der Waals surface area contributed by atoms with Crippen molar-refractivity contribution < 1.29 is 13.9 Å². The smallest absolute Gasteiger partial charge is 0.191 e. The highest BCUT2D eigenvalue weighted by Gasteiger charge is 2.53. The Morgan fingerprint density at radius 1 is 1.12 bits per heavy atom. The summed E-state index contributed by atoms with van der Waals surface area (Å²) in [5.41, 5.74) is 7.08. The standard InChI is InChI=1S/C27H23FN4O2/c1-33-24-12-18(9-10-23(24)34-14-17-5-4-6-19(28)11-17)25-21-8-3-2-7-20(21)22(13-29)26(32)27(25,15-30)16-31/h4-7,9-12,21,25H,2-3,8,14,32H2,1H3/t21-,25-/m1/s1. The SMILES string of the molecule is COc1cc([C@@H]2[C@@H]3CCCC=C3C(C#N)=C(N)C2(C#N)C#N)ccc1OCc1cccc(F)c1. The minimum Gasteiger partial charge on any atom is -0.493 e. The van der Waals surface area contributed by atoms with Crippen LogP contribution in [-0.2, 0) is 6.61 Å². The van der Waals surface area contributed by atoms with Crippen LogP contribution in [0.1, 0.15) is 36.3 Å². The number of benzene rings is 2. The van der Waals surface area contributed by atoms with E-state index in [1.54, 1.807) is 30.3 Å².